The Bertz CT molecular complexity index is 1660. The van der Waals surface area contributed by atoms with E-state index in [0.29, 0.717) is 27.5 Å². The van der Waals surface area contributed by atoms with Crippen LogP contribution in [0.25, 0.3) is 6.08 Å². The minimum Gasteiger partial charge on any atom is -0.465 e. The molecule has 4 rings (SSSR count). The molecule has 3 N–H and O–H groups in total. The van der Waals surface area contributed by atoms with Gasteiger partial charge in [0.1, 0.15) is 5.70 Å². The van der Waals surface area contributed by atoms with Crippen LogP contribution in [0.4, 0.5) is 11.4 Å². The summed E-state index contributed by atoms with van der Waals surface area (Å²) in [6.45, 7) is 1.75. The predicted molar refractivity (Wildman–Crippen MR) is 170 cm³/mol. The summed E-state index contributed by atoms with van der Waals surface area (Å²) in [5, 5.41) is 8.20. The monoisotopic (exact) mass is 613 g/mol. The highest BCUT2D eigenvalue weighted by Crippen LogP contribution is 2.27. The van der Waals surface area contributed by atoms with Crippen LogP contribution in [0.1, 0.15) is 33.2 Å². The van der Waals surface area contributed by atoms with Crippen LogP contribution in [0.3, 0.4) is 0 Å². The van der Waals surface area contributed by atoms with Gasteiger partial charge >= 0.3 is 5.97 Å². The van der Waals surface area contributed by atoms with E-state index in [0.717, 1.165) is 4.90 Å². The fourth-order valence-electron chi connectivity index (χ4n) is 3.88. The van der Waals surface area contributed by atoms with Crippen molar-refractivity contribution in [3.05, 3.63) is 131 Å². The summed E-state index contributed by atoms with van der Waals surface area (Å²) >= 11 is 7.61. The molecular weight excluding hydrogens is 586 g/mol. The molecule has 4 aromatic rings. The summed E-state index contributed by atoms with van der Waals surface area (Å²) in [7, 11) is 1.28. The van der Waals surface area contributed by atoms with Crippen molar-refractivity contribution in [3.63, 3.8) is 0 Å². The Labute approximate surface area is 258 Å². The molecule has 0 saturated carbocycles. The van der Waals surface area contributed by atoms with E-state index in [-0.39, 0.29) is 17.2 Å². The zero-order chi connectivity index (χ0) is 30.8. The van der Waals surface area contributed by atoms with E-state index in [1.165, 1.54) is 24.9 Å². The van der Waals surface area contributed by atoms with E-state index in [4.69, 9.17) is 16.3 Å². The van der Waals surface area contributed by atoms with Gasteiger partial charge in [-0.3, -0.25) is 14.4 Å². The van der Waals surface area contributed by atoms with Gasteiger partial charge in [-0.1, -0.05) is 60.1 Å². The number of para-hydroxylation sites is 1. The maximum absolute atomic E-state index is 13.3. The zero-order valence-electron chi connectivity index (χ0n) is 23.3. The van der Waals surface area contributed by atoms with Crippen LogP contribution in [0, 0.1) is 0 Å². The molecule has 0 aliphatic heterocycles. The molecule has 3 amide bonds. The van der Waals surface area contributed by atoms with Crippen molar-refractivity contribution in [1.29, 1.82) is 0 Å². The first-order chi connectivity index (χ1) is 20.7. The molecule has 10 heteroatoms. The molecule has 0 heterocycles. The maximum Gasteiger partial charge on any atom is 0.339 e. The number of rotatable bonds is 10. The van der Waals surface area contributed by atoms with Gasteiger partial charge in [0.05, 0.1) is 23.6 Å². The third-order valence-corrected chi connectivity index (χ3v) is 7.57. The van der Waals surface area contributed by atoms with Crippen LogP contribution >= 0.6 is 23.4 Å². The third-order valence-electron chi connectivity index (χ3n) is 6.12. The standard InChI is InChI=1S/C33H28ClN3O5S/c1-21(30(38)36-28-15-9-7-13-26(28)33(41)42-2)43-25-18-16-24(17-19-25)35-32(40)29(20-23-12-6-8-14-27(23)34)37-31(39)22-10-4-3-5-11-22/h3-21H,1-2H3,(H,35,40)(H,36,38)(H,37,39)/b29-20-. The van der Waals surface area contributed by atoms with Gasteiger partial charge in [-0.2, -0.15) is 0 Å². The van der Waals surface area contributed by atoms with Crippen molar-refractivity contribution in [1.82, 2.24) is 5.32 Å². The number of carbonyl (C=O) groups is 4. The lowest BCUT2D eigenvalue weighted by Gasteiger charge is -2.15. The number of anilines is 2. The van der Waals surface area contributed by atoms with Gasteiger partial charge < -0.3 is 20.7 Å². The summed E-state index contributed by atoms with van der Waals surface area (Å²) in [6, 6.07) is 29.1. The second-order valence-electron chi connectivity index (χ2n) is 9.16. The molecule has 0 spiro atoms. The quantitative estimate of drug-likeness (QED) is 0.105. The Morgan fingerprint density at radius 3 is 2.16 bits per heavy atom. The number of benzene rings is 4. The van der Waals surface area contributed by atoms with Crippen molar-refractivity contribution in [2.24, 2.45) is 0 Å². The van der Waals surface area contributed by atoms with Crippen molar-refractivity contribution < 1.29 is 23.9 Å². The van der Waals surface area contributed by atoms with Crippen molar-refractivity contribution >= 4 is 64.5 Å². The number of methoxy groups -OCH3 is 1. The van der Waals surface area contributed by atoms with Gasteiger partial charge in [-0.05, 0) is 73.2 Å². The number of halogens is 1. The average molecular weight is 614 g/mol. The fraction of sp³-hybridized carbons (Fsp3) is 0.0909. The van der Waals surface area contributed by atoms with E-state index < -0.39 is 23.0 Å². The predicted octanol–water partition coefficient (Wildman–Crippen LogP) is 6.66. The Balaban J connectivity index is 1.43. The number of thioether (sulfide) groups is 1. The van der Waals surface area contributed by atoms with E-state index in [2.05, 4.69) is 16.0 Å². The smallest absolute Gasteiger partial charge is 0.339 e. The Hall–Kier alpha value is -4.86. The lowest BCUT2D eigenvalue weighted by atomic mass is 10.1. The SMILES string of the molecule is COC(=O)c1ccccc1NC(=O)C(C)Sc1ccc(NC(=O)/C(=C/c2ccccc2Cl)NC(=O)c2ccccc2)cc1. The first kappa shape index (κ1) is 31.1. The van der Waals surface area contributed by atoms with Gasteiger partial charge in [0.25, 0.3) is 11.8 Å². The summed E-state index contributed by atoms with van der Waals surface area (Å²) in [4.78, 5) is 51.8. The summed E-state index contributed by atoms with van der Waals surface area (Å²) in [6.07, 6.45) is 1.52. The Morgan fingerprint density at radius 1 is 0.814 bits per heavy atom. The van der Waals surface area contributed by atoms with Gasteiger partial charge in [0, 0.05) is 21.2 Å². The van der Waals surface area contributed by atoms with Crippen LogP contribution in [0.5, 0.6) is 0 Å². The summed E-state index contributed by atoms with van der Waals surface area (Å²) < 4.78 is 4.79. The maximum atomic E-state index is 13.3. The number of hydrogen-bond donors (Lipinski definition) is 3. The van der Waals surface area contributed by atoms with Crippen molar-refractivity contribution in [3.8, 4) is 0 Å². The Morgan fingerprint density at radius 2 is 1.47 bits per heavy atom. The summed E-state index contributed by atoms with van der Waals surface area (Å²) in [5.74, 6) is -1.82. The van der Waals surface area contributed by atoms with Crippen LogP contribution in [0.2, 0.25) is 5.02 Å². The van der Waals surface area contributed by atoms with Gasteiger partial charge in [-0.15, -0.1) is 11.8 Å². The molecule has 0 fully saturated rings. The lowest BCUT2D eigenvalue weighted by Crippen LogP contribution is -2.30. The highest BCUT2D eigenvalue weighted by atomic mass is 35.5. The number of amides is 3. The number of nitrogens with one attached hydrogen (secondary N) is 3. The third kappa shape index (κ3) is 8.57. The summed E-state index contributed by atoms with van der Waals surface area (Å²) in [5.41, 5.74) is 2.09. The van der Waals surface area contributed by atoms with Crippen LogP contribution in [-0.2, 0) is 14.3 Å². The van der Waals surface area contributed by atoms with Gasteiger partial charge in [0.2, 0.25) is 5.91 Å². The van der Waals surface area contributed by atoms with E-state index in [1.54, 1.807) is 110 Å². The molecule has 0 aliphatic rings. The minimum atomic E-state index is -0.543. The number of esters is 1. The molecule has 0 saturated heterocycles. The van der Waals surface area contributed by atoms with E-state index in [9.17, 15) is 19.2 Å². The van der Waals surface area contributed by atoms with Crippen molar-refractivity contribution in [2.75, 3.05) is 17.7 Å². The zero-order valence-corrected chi connectivity index (χ0v) is 24.9. The second-order valence-corrected chi connectivity index (χ2v) is 11.0. The molecule has 1 atom stereocenters. The van der Waals surface area contributed by atoms with Crippen LogP contribution < -0.4 is 16.0 Å². The average Bonchev–Trinajstić information content (AvgIpc) is 3.02. The minimum absolute atomic E-state index is 0.0120. The topological polar surface area (TPSA) is 114 Å². The normalized spacial score (nSPS) is 11.7. The first-order valence-corrected chi connectivity index (χ1v) is 14.4. The van der Waals surface area contributed by atoms with E-state index in [1.807, 2.05) is 0 Å². The lowest BCUT2D eigenvalue weighted by molar-refractivity contribution is -0.115. The number of ether oxygens (including phenoxy) is 1. The second kappa shape index (κ2) is 14.9. The van der Waals surface area contributed by atoms with Crippen LogP contribution in [0.15, 0.2) is 114 Å². The number of carbonyl (C=O) groups excluding carboxylic acids is 4. The molecule has 1 unspecified atom stereocenters. The molecule has 0 aliphatic carbocycles. The van der Waals surface area contributed by atoms with Crippen LogP contribution in [-0.4, -0.2) is 36.1 Å². The molecule has 0 bridgehead atoms. The highest BCUT2D eigenvalue weighted by molar-refractivity contribution is 8.00. The molecule has 43 heavy (non-hydrogen) atoms. The van der Waals surface area contributed by atoms with Gasteiger partial charge in [0.15, 0.2) is 0 Å². The van der Waals surface area contributed by atoms with Crippen molar-refractivity contribution in [2.45, 2.75) is 17.1 Å². The molecule has 4 aromatic carbocycles. The molecule has 218 valence electrons. The highest BCUT2D eigenvalue weighted by Gasteiger charge is 2.19. The molecule has 0 aromatic heterocycles. The largest absolute Gasteiger partial charge is 0.465 e. The van der Waals surface area contributed by atoms with Gasteiger partial charge in [-0.25, -0.2) is 4.79 Å². The number of hydrogen-bond acceptors (Lipinski definition) is 6. The Kier molecular flexibility index (Phi) is 10.7. The molecule has 8 nitrogen and oxygen atoms in total. The molecule has 0 radical (unpaired) electrons. The fourth-order valence-corrected chi connectivity index (χ4v) is 4.94. The molecular formula is C33H28ClN3O5S. The van der Waals surface area contributed by atoms with E-state index >= 15 is 0 Å². The first-order valence-electron chi connectivity index (χ1n) is 13.1.